The smallest absolute Gasteiger partial charge is 0.244 e. The number of hydrogen-bond donors (Lipinski definition) is 1. The number of aromatic amines is 1. The molecule has 7 heteroatoms. The van der Waals surface area contributed by atoms with Gasteiger partial charge in [0.1, 0.15) is 10.7 Å². The van der Waals surface area contributed by atoms with Gasteiger partial charge in [0, 0.05) is 55.0 Å². The van der Waals surface area contributed by atoms with Crippen molar-refractivity contribution in [2.75, 3.05) is 31.1 Å². The summed E-state index contributed by atoms with van der Waals surface area (Å²) in [6.07, 6.45) is 9.71. The standard InChI is InChI=1S/C24H28N4O2S/c1-2-18-6-5-7-21-22(17-26-24(18)21)19-10-14-27(15-11-19)23-9-8-20(16-25-23)31(29,30)28-12-3-4-13-28/h5-10,16-17,26H,2-4,11-15H2,1H3. The van der Waals surface area contributed by atoms with Gasteiger partial charge in [-0.1, -0.05) is 31.2 Å². The molecule has 0 radical (unpaired) electrons. The molecule has 162 valence electrons. The molecule has 6 nitrogen and oxygen atoms in total. The van der Waals surface area contributed by atoms with Crippen molar-refractivity contribution in [3.63, 3.8) is 0 Å². The molecule has 1 fully saturated rings. The van der Waals surface area contributed by atoms with Crippen LogP contribution in [-0.2, 0) is 16.4 Å². The average Bonchev–Trinajstić information content (AvgIpc) is 3.50. The molecule has 0 atom stereocenters. The summed E-state index contributed by atoms with van der Waals surface area (Å²) in [7, 11) is -3.41. The van der Waals surface area contributed by atoms with Gasteiger partial charge in [0.05, 0.1) is 0 Å². The largest absolute Gasteiger partial charge is 0.360 e. The number of nitrogens with one attached hydrogen (secondary N) is 1. The Bertz CT molecular complexity index is 1220. The molecular formula is C24H28N4O2S. The molecule has 0 aliphatic carbocycles. The van der Waals surface area contributed by atoms with Crippen molar-refractivity contribution >= 4 is 32.3 Å². The predicted molar refractivity (Wildman–Crippen MR) is 125 cm³/mol. The number of para-hydroxylation sites is 1. The maximum atomic E-state index is 12.7. The Hall–Kier alpha value is -2.64. The van der Waals surface area contributed by atoms with E-state index in [1.165, 1.54) is 33.8 Å². The van der Waals surface area contributed by atoms with Gasteiger partial charge in [-0.15, -0.1) is 0 Å². The first-order chi connectivity index (χ1) is 15.1. The lowest BCUT2D eigenvalue weighted by molar-refractivity contribution is 0.477. The van der Waals surface area contributed by atoms with Gasteiger partial charge in [0.15, 0.2) is 0 Å². The topological polar surface area (TPSA) is 69.3 Å². The SMILES string of the molecule is CCc1cccc2c(C3=CCN(c4ccc(S(=O)(=O)N5CCCC5)cn4)CC3)c[nH]c12. The van der Waals surface area contributed by atoms with Crippen molar-refractivity contribution in [2.24, 2.45) is 0 Å². The summed E-state index contributed by atoms with van der Waals surface area (Å²) < 4.78 is 27.0. The van der Waals surface area contributed by atoms with Crippen LogP contribution in [-0.4, -0.2) is 48.9 Å². The fourth-order valence-corrected chi connectivity index (χ4v) is 6.15. The van der Waals surface area contributed by atoms with Crippen LogP contribution >= 0.6 is 0 Å². The van der Waals surface area contributed by atoms with Crippen molar-refractivity contribution in [3.8, 4) is 0 Å². The summed E-state index contributed by atoms with van der Waals surface area (Å²) in [6.45, 7) is 5.02. The first-order valence-corrected chi connectivity index (χ1v) is 12.5. The zero-order chi connectivity index (χ0) is 21.4. The Morgan fingerprint density at radius 1 is 1.10 bits per heavy atom. The van der Waals surface area contributed by atoms with E-state index >= 15 is 0 Å². The van der Waals surface area contributed by atoms with E-state index in [-0.39, 0.29) is 4.90 Å². The summed E-state index contributed by atoms with van der Waals surface area (Å²) in [5.41, 5.74) is 5.21. The normalized spacial score (nSPS) is 18.0. The van der Waals surface area contributed by atoms with Crippen LogP contribution in [0.25, 0.3) is 16.5 Å². The molecule has 4 heterocycles. The highest BCUT2D eigenvalue weighted by molar-refractivity contribution is 7.89. The molecule has 1 saturated heterocycles. The monoisotopic (exact) mass is 436 g/mol. The molecular weight excluding hydrogens is 408 g/mol. The molecule has 0 bridgehead atoms. The highest BCUT2D eigenvalue weighted by atomic mass is 32.2. The van der Waals surface area contributed by atoms with Gasteiger partial charge in [-0.2, -0.15) is 4.31 Å². The van der Waals surface area contributed by atoms with Gasteiger partial charge < -0.3 is 9.88 Å². The van der Waals surface area contributed by atoms with E-state index in [0.29, 0.717) is 13.1 Å². The maximum absolute atomic E-state index is 12.7. The third kappa shape index (κ3) is 3.66. The molecule has 0 saturated carbocycles. The van der Waals surface area contributed by atoms with E-state index in [1.54, 1.807) is 10.4 Å². The van der Waals surface area contributed by atoms with E-state index in [1.807, 2.05) is 6.07 Å². The van der Waals surface area contributed by atoms with Crippen LogP contribution in [0.3, 0.4) is 0 Å². The fraction of sp³-hybridized carbons (Fsp3) is 0.375. The molecule has 2 aliphatic rings. The molecule has 2 aliphatic heterocycles. The molecule has 1 aromatic carbocycles. The van der Waals surface area contributed by atoms with Crippen molar-refractivity contribution < 1.29 is 8.42 Å². The Kier molecular flexibility index (Phi) is 5.32. The number of H-pyrrole nitrogens is 1. The summed E-state index contributed by atoms with van der Waals surface area (Å²) in [5.74, 6) is 0.822. The number of pyridine rings is 1. The van der Waals surface area contributed by atoms with Crippen molar-refractivity contribution in [3.05, 3.63) is 59.9 Å². The van der Waals surface area contributed by atoms with E-state index < -0.39 is 10.0 Å². The van der Waals surface area contributed by atoms with Gasteiger partial charge >= 0.3 is 0 Å². The fourth-order valence-electron chi connectivity index (χ4n) is 4.69. The quantitative estimate of drug-likeness (QED) is 0.651. The first kappa shape index (κ1) is 20.3. The molecule has 3 aromatic rings. The third-order valence-corrected chi connectivity index (χ3v) is 8.37. The number of hydrogen-bond acceptors (Lipinski definition) is 4. The number of rotatable bonds is 5. The summed E-state index contributed by atoms with van der Waals surface area (Å²) in [6, 6.07) is 10.0. The zero-order valence-corrected chi connectivity index (χ0v) is 18.7. The minimum atomic E-state index is -3.41. The predicted octanol–water partition coefficient (Wildman–Crippen LogP) is 4.20. The number of anilines is 1. The Labute approximate surface area is 183 Å². The van der Waals surface area contributed by atoms with Gasteiger partial charge in [-0.3, -0.25) is 0 Å². The second-order valence-electron chi connectivity index (χ2n) is 8.28. The summed E-state index contributed by atoms with van der Waals surface area (Å²) >= 11 is 0. The van der Waals surface area contributed by atoms with Crippen molar-refractivity contribution in [1.29, 1.82) is 0 Å². The number of benzene rings is 1. The highest BCUT2D eigenvalue weighted by Gasteiger charge is 2.27. The molecule has 2 aromatic heterocycles. The Balaban J connectivity index is 1.33. The Morgan fingerprint density at radius 2 is 1.94 bits per heavy atom. The van der Waals surface area contributed by atoms with Crippen LogP contribution in [0, 0.1) is 0 Å². The van der Waals surface area contributed by atoms with E-state index in [9.17, 15) is 8.42 Å². The van der Waals surface area contributed by atoms with Gasteiger partial charge in [-0.25, -0.2) is 13.4 Å². The van der Waals surface area contributed by atoms with Crippen LogP contribution in [0.4, 0.5) is 5.82 Å². The van der Waals surface area contributed by atoms with Gasteiger partial charge in [0.2, 0.25) is 10.0 Å². The number of sulfonamides is 1. The van der Waals surface area contributed by atoms with Crippen LogP contribution in [0.5, 0.6) is 0 Å². The zero-order valence-electron chi connectivity index (χ0n) is 17.8. The molecule has 1 N–H and O–H groups in total. The molecule has 0 amide bonds. The van der Waals surface area contributed by atoms with Crippen LogP contribution in [0.15, 0.2) is 53.7 Å². The van der Waals surface area contributed by atoms with Gasteiger partial charge in [-0.05, 0) is 49.0 Å². The lowest BCUT2D eigenvalue weighted by Crippen LogP contribution is -2.30. The highest BCUT2D eigenvalue weighted by Crippen LogP contribution is 2.32. The first-order valence-electron chi connectivity index (χ1n) is 11.1. The van der Waals surface area contributed by atoms with Gasteiger partial charge in [0.25, 0.3) is 0 Å². The minimum absolute atomic E-state index is 0.289. The summed E-state index contributed by atoms with van der Waals surface area (Å²) in [4.78, 5) is 10.4. The maximum Gasteiger partial charge on any atom is 0.244 e. The lowest BCUT2D eigenvalue weighted by Gasteiger charge is -2.27. The molecule has 0 unspecified atom stereocenters. The number of aryl methyl sites for hydroxylation is 1. The Morgan fingerprint density at radius 3 is 2.61 bits per heavy atom. The minimum Gasteiger partial charge on any atom is -0.360 e. The van der Waals surface area contributed by atoms with Crippen molar-refractivity contribution in [2.45, 2.75) is 37.5 Å². The number of aromatic nitrogens is 2. The summed E-state index contributed by atoms with van der Waals surface area (Å²) in [5, 5.41) is 1.29. The third-order valence-electron chi connectivity index (χ3n) is 6.49. The van der Waals surface area contributed by atoms with Crippen LogP contribution in [0.2, 0.25) is 0 Å². The van der Waals surface area contributed by atoms with E-state index in [2.05, 4.69) is 52.3 Å². The molecule has 31 heavy (non-hydrogen) atoms. The molecule has 0 spiro atoms. The molecule has 5 rings (SSSR count). The number of nitrogens with zero attached hydrogens (tertiary/aromatic N) is 3. The van der Waals surface area contributed by atoms with Crippen molar-refractivity contribution in [1.82, 2.24) is 14.3 Å². The number of fused-ring (bicyclic) bond motifs is 1. The van der Waals surface area contributed by atoms with Crippen LogP contribution in [0.1, 0.15) is 37.3 Å². The van der Waals surface area contributed by atoms with E-state index in [4.69, 9.17) is 0 Å². The second kappa shape index (κ2) is 8.13. The van der Waals surface area contributed by atoms with Crippen LogP contribution < -0.4 is 4.90 Å². The lowest BCUT2D eigenvalue weighted by atomic mass is 9.97. The van der Waals surface area contributed by atoms with E-state index in [0.717, 1.165) is 44.6 Å². The average molecular weight is 437 g/mol. The second-order valence-corrected chi connectivity index (χ2v) is 10.2.